The van der Waals surface area contributed by atoms with E-state index < -0.39 is 10.0 Å². The molecule has 0 saturated carbocycles. The molecular weight excluding hydrogens is 328 g/mol. The molecule has 3 rings (SSSR count). The van der Waals surface area contributed by atoms with Gasteiger partial charge in [-0.05, 0) is 49.7 Å². The van der Waals surface area contributed by atoms with Crippen molar-refractivity contribution >= 4 is 33.1 Å². The van der Waals surface area contributed by atoms with Gasteiger partial charge in [0.1, 0.15) is 0 Å². The number of fused-ring (bicyclic) bond motifs is 1. The fourth-order valence-corrected chi connectivity index (χ4v) is 3.61. The third-order valence-corrected chi connectivity index (χ3v) is 5.39. The van der Waals surface area contributed by atoms with E-state index in [1.54, 1.807) is 25.1 Å². The highest BCUT2D eigenvalue weighted by molar-refractivity contribution is 7.92. The Morgan fingerprint density at radius 2 is 1.79 bits per heavy atom. The monoisotopic (exact) mass is 344 g/mol. The van der Waals surface area contributed by atoms with Gasteiger partial charge in [0.05, 0.1) is 10.8 Å². The number of anilines is 2. The minimum atomic E-state index is -3.77. The van der Waals surface area contributed by atoms with E-state index >= 15 is 0 Å². The maximum absolute atomic E-state index is 12.5. The summed E-state index contributed by atoms with van der Waals surface area (Å²) in [5.41, 5.74) is 2.28. The minimum absolute atomic E-state index is 0.0650. The van der Waals surface area contributed by atoms with Crippen LogP contribution < -0.4 is 10.0 Å². The van der Waals surface area contributed by atoms with E-state index in [9.17, 15) is 18.0 Å². The lowest BCUT2D eigenvalue weighted by Crippen LogP contribution is -2.13. The maximum Gasteiger partial charge on any atom is 0.261 e. The highest BCUT2D eigenvalue weighted by Gasteiger charge is 2.27. The van der Waals surface area contributed by atoms with Crippen LogP contribution in [0.2, 0.25) is 0 Å². The normalized spacial score (nSPS) is 16.4. The Labute approximate surface area is 139 Å². The number of carbonyl (C=O) groups is 2. The van der Waals surface area contributed by atoms with E-state index in [0.717, 1.165) is 5.56 Å². The summed E-state index contributed by atoms with van der Waals surface area (Å²) < 4.78 is 27.4. The predicted octanol–water partition coefficient (Wildman–Crippen LogP) is 2.75. The first-order chi connectivity index (χ1) is 11.3. The van der Waals surface area contributed by atoms with Crippen LogP contribution in [-0.4, -0.2) is 20.1 Å². The van der Waals surface area contributed by atoms with Crippen LogP contribution in [0.15, 0.2) is 47.4 Å². The average Bonchev–Trinajstić information content (AvgIpc) is 2.82. The van der Waals surface area contributed by atoms with E-state index in [1.807, 2.05) is 0 Å². The zero-order valence-corrected chi connectivity index (χ0v) is 14.0. The Morgan fingerprint density at radius 3 is 2.42 bits per heavy atom. The second-order valence-corrected chi connectivity index (χ2v) is 7.38. The van der Waals surface area contributed by atoms with Gasteiger partial charge in [-0.3, -0.25) is 14.3 Å². The molecule has 7 heteroatoms. The Kier molecular flexibility index (Phi) is 3.88. The number of sulfonamides is 1. The summed E-state index contributed by atoms with van der Waals surface area (Å²) in [5, 5.41) is 2.74. The number of hydrogen-bond donors (Lipinski definition) is 2. The molecule has 2 aromatic carbocycles. The van der Waals surface area contributed by atoms with Crippen molar-refractivity contribution in [2.45, 2.75) is 24.7 Å². The third kappa shape index (κ3) is 2.90. The topological polar surface area (TPSA) is 92.3 Å². The fourth-order valence-electron chi connectivity index (χ4n) is 2.56. The number of carbonyl (C=O) groups excluding carboxylic acids is 2. The molecule has 0 saturated heterocycles. The summed E-state index contributed by atoms with van der Waals surface area (Å²) >= 11 is 0. The first-order valence-corrected chi connectivity index (χ1v) is 8.85. The molecule has 0 radical (unpaired) electrons. The summed E-state index contributed by atoms with van der Waals surface area (Å²) in [6.07, 6.45) is 0. The molecule has 124 valence electrons. The third-order valence-electron chi connectivity index (χ3n) is 3.99. The molecule has 6 nitrogen and oxygen atoms in total. The van der Waals surface area contributed by atoms with Gasteiger partial charge >= 0.3 is 0 Å². The van der Waals surface area contributed by atoms with Gasteiger partial charge in [-0.25, -0.2) is 8.42 Å². The molecule has 2 N–H and O–H groups in total. The van der Waals surface area contributed by atoms with E-state index in [0.29, 0.717) is 16.9 Å². The number of amides is 1. The Hall–Kier alpha value is -2.67. The molecule has 24 heavy (non-hydrogen) atoms. The average molecular weight is 344 g/mol. The van der Waals surface area contributed by atoms with E-state index in [1.165, 1.54) is 31.2 Å². The second-order valence-electron chi connectivity index (χ2n) is 5.70. The van der Waals surface area contributed by atoms with Crippen molar-refractivity contribution in [1.29, 1.82) is 0 Å². The minimum Gasteiger partial charge on any atom is -0.325 e. The van der Waals surface area contributed by atoms with Crippen molar-refractivity contribution < 1.29 is 18.0 Å². The van der Waals surface area contributed by atoms with E-state index in [2.05, 4.69) is 10.0 Å². The molecule has 1 heterocycles. The van der Waals surface area contributed by atoms with Crippen molar-refractivity contribution in [3.63, 3.8) is 0 Å². The van der Waals surface area contributed by atoms with Gasteiger partial charge in [-0.15, -0.1) is 0 Å². The predicted molar refractivity (Wildman–Crippen MR) is 90.7 cm³/mol. The second kappa shape index (κ2) is 5.76. The molecule has 2 aromatic rings. The summed E-state index contributed by atoms with van der Waals surface area (Å²) in [6.45, 7) is 3.18. The van der Waals surface area contributed by atoms with Crippen LogP contribution >= 0.6 is 0 Å². The molecule has 0 aromatic heterocycles. The Balaban J connectivity index is 1.88. The Bertz CT molecular complexity index is 934. The highest BCUT2D eigenvalue weighted by Crippen LogP contribution is 2.34. The zero-order valence-electron chi connectivity index (χ0n) is 13.2. The summed E-state index contributed by atoms with van der Waals surface area (Å²) in [5.74, 6) is -0.555. The van der Waals surface area contributed by atoms with Crippen molar-refractivity contribution in [2.75, 3.05) is 10.0 Å². The molecule has 0 aliphatic carbocycles. The van der Waals surface area contributed by atoms with Crippen LogP contribution in [0.25, 0.3) is 0 Å². The van der Waals surface area contributed by atoms with Gasteiger partial charge in [-0.2, -0.15) is 0 Å². The number of hydrogen-bond acceptors (Lipinski definition) is 4. The van der Waals surface area contributed by atoms with Crippen molar-refractivity contribution in [2.24, 2.45) is 0 Å². The zero-order chi connectivity index (χ0) is 17.5. The number of ketones is 1. The van der Waals surface area contributed by atoms with Gasteiger partial charge < -0.3 is 5.32 Å². The van der Waals surface area contributed by atoms with Gasteiger partial charge in [0.15, 0.2) is 5.78 Å². The van der Waals surface area contributed by atoms with Crippen LogP contribution in [0, 0.1) is 0 Å². The lowest BCUT2D eigenvalue weighted by atomic mass is 10.0. The van der Waals surface area contributed by atoms with Crippen LogP contribution in [0.5, 0.6) is 0 Å². The molecule has 0 spiro atoms. The van der Waals surface area contributed by atoms with Crippen LogP contribution in [0.4, 0.5) is 11.4 Å². The van der Waals surface area contributed by atoms with Gasteiger partial charge in [0.25, 0.3) is 10.0 Å². The quantitative estimate of drug-likeness (QED) is 0.834. The largest absolute Gasteiger partial charge is 0.325 e. The molecule has 1 unspecified atom stereocenters. The maximum atomic E-state index is 12.5. The molecule has 1 aliphatic rings. The van der Waals surface area contributed by atoms with Gasteiger partial charge in [0.2, 0.25) is 5.91 Å². The number of rotatable bonds is 4. The van der Waals surface area contributed by atoms with Crippen molar-refractivity contribution in [1.82, 2.24) is 0 Å². The number of Topliss-reactive ketones (excluding diaryl/α,β-unsaturated/α-hetero) is 1. The van der Waals surface area contributed by atoms with Crippen LogP contribution in [0.1, 0.15) is 35.7 Å². The van der Waals surface area contributed by atoms with Crippen molar-refractivity contribution in [3.05, 3.63) is 53.6 Å². The molecular formula is C17H16N2O4S. The Morgan fingerprint density at radius 1 is 1.12 bits per heavy atom. The molecule has 1 atom stereocenters. The van der Waals surface area contributed by atoms with Crippen LogP contribution in [0.3, 0.4) is 0 Å². The molecule has 1 aliphatic heterocycles. The smallest absolute Gasteiger partial charge is 0.261 e. The van der Waals surface area contributed by atoms with Gasteiger partial charge in [0, 0.05) is 16.9 Å². The first-order valence-electron chi connectivity index (χ1n) is 7.36. The van der Waals surface area contributed by atoms with E-state index in [-0.39, 0.29) is 22.5 Å². The SMILES string of the molecule is CC(=O)c1ccc(S(=O)(=O)Nc2ccc3c(c2)C(C)C(=O)N3)cc1. The highest BCUT2D eigenvalue weighted by atomic mass is 32.2. The number of benzene rings is 2. The fraction of sp³-hybridized carbons (Fsp3) is 0.176. The lowest BCUT2D eigenvalue weighted by molar-refractivity contribution is -0.116. The number of nitrogens with one attached hydrogen (secondary N) is 2. The standard InChI is InChI=1S/C17H16N2O4S/c1-10-15-9-13(5-8-16(15)18-17(10)21)19-24(22,23)14-6-3-12(4-7-14)11(2)20/h3-10,19H,1-2H3,(H,18,21). The van der Waals surface area contributed by atoms with Crippen molar-refractivity contribution in [3.8, 4) is 0 Å². The summed E-state index contributed by atoms with van der Waals surface area (Å²) in [6, 6.07) is 10.7. The molecule has 0 bridgehead atoms. The lowest BCUT2D eigenvalue weighted by Gasteiger charge is -2.10. The van der Waals surface area contributed by atoms with Crippen LogP contribution in [-0.2, 0) is 14.8 Å². The molecule has 1 amide bonds. The molecule has 0 fully saturated rings. The summed E-state index contributed by atoms with van der Waals surface area (Å²) in [4.78, 5) is 23.0. The summed E-state index contributed by atoms with van der Waals surface area (Å²) in [7, 11) is -3.77. The van der Waals surface area contributed by atoms with Gasteiger partial charge in [-0.1, -0.05) is 12.1 Å². The van der Waals surface area contributed by atoms with E-state index in [4.69, 9.17) is 0 Å². The first kappa shape index (κ1) is 16.2.